The quantitative estimate of drug-likeness (QED) is 0.661. The van der Waals surface area contributed by atoms with Gasteiger partial charge in [-0.1, -0.05) is 23.9 Å². The van der Waals surface area contributed by atoms with Crippen LogP contribution in [-0.2, 0) is 14.4 Å². The van der Waals surface area contributed by atoms with Gasteiger partial charge < -0.3 is 10.1 Å². The Balaban J connectivity index is 1.64. The standard InChI is InChI=1S/C16H17N3O4S/c1-10(20)23-12-6-3-2-5-11(12)18-14(21)9-13-15(22)19-8-4-7-17-16(19)24-13/h2-3,5-6,13H,4,7-9H2,1H3,(H,18,21). The first kappa shape index (κ1) is 16.5. The molecule has 1 N–H and O–H groups in total. The predicted octanol–water partition coefficient (Wildman–Crippen LogP) is 1.64. The van der Waals surface area contributed by atoms with Crippen molar-refractivity contribution in [3.63, 3.8) is 0 Å². The van der Waals surface area contributed by atoms with E-state index in [1.807, 2.05) is 0 Å². The molecule has 1 fully saturated rings. The molecule has 2 aliphatic rings. The van der Waals surface area contributed by atoms with E-state index >= 15 is 0 Å². The number of nitrogens with zero attached hydrogens (tertiary/aromatic N) is 2. The number of para-hydroxylation sites is 2. The Hall–Kier alpha value is -2.35. The summed E-state index contributed by atoms with van der Waals surface area (Å²) in [6.07, 6.45) is 0.901. The number of esters is 1. The van der Waals surface area contributed by atoms with E-state index in [-0.39, 0.29) is 24.0 Å². The molecule has 1 aromatic rings. The highest BCUT2D eigenvalue weighted by atomic mass is 32.2. The van der Waals surface area contributed by atoms with E-state index in [0.29, 0.717) is 17.4 Å². The summed E-state index contributed by atoms with van der Waals surface area (Å²) in [4.78, 5) is 41.7. The molecular weight excluding hydrogens is 330 g/mol. The summed E-state index contributed by atoms with van der Waals surface area (Å²) >= 11 is 1.34. The van der Waals surface area contributed by atoms with Crippen LogP contribution in [0.3, 0.4) is 0 Å². The second-order valence-corrected chi connectivity index (χ2v) is 6.63. The summed E-state index contributed by atoms with van der Waals surface area (Å²) < 4.78 is 5.06. The summed E-state index contributed by atoms with van der Waals surface area (Å²) in [5.41, 5.74) is 0.406. The highest BCUT2D eigenvalue weighted by Crippen LogP contribution is 2.32. The number of nitrogens with one attached hydrogen (secondary N) is 1. The molecule has 0 bridgehead atoms. The minimum atomic E-state index is -0.465. The van der Waals surface area contributed by atoms with Crippen LogP contribution in [0, 0.1) is 0 Å². The van der Waals surface area contributed by atoms with Gasteiger partial charge in [-0.2, -0.15) is 0 Å². The van der Waals surface area contributed by atoms with Crippen molar-refractivity contribution in [2.24, 2.45) is 4.99 Å². The molecule has 1 aromatic carbocycles. The number of thioether (sulfide) groups is 1. The molecule has 7 nitrogen and oxygen atoms in total. The number of anilines is 1. The van der Waals surface area contributed by atoms with Gasteiger partial charge in [0.15, 0.2) is 10.9 Å². The van der Waals surface area contributed by atoms with Gasteiger partial charge >= 0.3 is 5.97 Å². The Morgan fingerprint density at radius 1 is 1.42 bits per heavy atom. The third-order valence-corrected chi connectivity index (χ3v) is 4.81. The summed E-state index contributed by atoms with van der Waals surface area (Å²) in [7, 11) is 0. The topological polar surface area (TPSA) is 88.1 Å². The average molecular weight is 347 g/mol. The first-order valence-electron chi connectivity index (χ1n) is 7.64. The normalized spacial score (nSPS) is 19.5. The van der Waals surface area contributed by atoms with E-state index < -0.39 is 11.2 Å². The average Bonchev–Trinajstić information content (AvgIpc) is 2.85. The number of hydrogen-bond donors (Lipinski definition) is 1. The van der Waals surface area contributed by atoms with Gasteiger partial charge in [-0.25, -0.2) is 0 Å². The van der Waals surface area contributed by atoms with Crippen molar-refractivity contribution in [3.05, 3.63) is 24.3 Å². The van der Waals surface area contributed by atoms with Crippen molar-refractivity contribution < 1.29 is 19.1 Å². The second kappa shape index (κ2) is 7.04. The minimum absolute atomic E-state index is 0.0490. The molecule has 1 saturated heterocycles. The highest BCUT2D eigenvalue weighted by Gasteiger charge is 2.39. The van der Waals surface area contributed by atoms with Gasteiger partial charge in [-0.15, -0.1) is 0 Å². The number of ether oxygens (including phenoxy) is 1. The van der Waals surface area contributed by atoms with Crippen LogP contribution in [0.4, 0.5) is 5.69 Å². The fourth-order valence-corrected chi connectivity index (χ4v) is 3.75. The number of amides is 2. The largest absolute Gasteiger partial charge is 0.424 e. The van der Waals surface area contributed by atoms with Gasteiger partial charge in [-0.05, 0) is 18.6 Å². The molecule has 2 heterocycles. The molecule has 24 heavy (non-hydrogen) atoms. The van der Waals surface area contributed by atoms with Gasteiger partial charge in [0, 0.05) is 26.4 Å². The molecule has 0 saturated carbocycles. The van der Waals surface area contributed by atoms with Crippen molar-refractivity contribution in [2.75, 3.05) is 18.4 Å². The lowest BCUT2D eigenvalue weighted by Gasteiger charge is -2.19. The molecule has 0 radical (unpaired) electrons. The number of carbonyl (C=O) groups excluding carboxylic acids is 3. The lowest BCUT2D eigenvalue weighted by atomic mass is 10.2. The van der Waals surface area contributed by atoms with Gasteiger partial charge in [0.05, 0.1) is 5.69 Å². The molecule has 0 aromatic heterocycles. The van der Waals surface area contributed by atoms with Crippen LogP contribution in [0.2, 0.25) is 0 Å². The summed E-state index contributed by atoms with van der Waals surface area (Å²) in [5, 5.41) is 2.96. The number of amidine groups is 1. The van der Waals surface area contributed by atoms with E-state index in [4.69, 9.17) is 4.74 Å². The number of aliphatic imine (C=N–C) groups is 1. The number of rotatable bonds is 4. The number of fused-ring (bicyclic) bond motifs is 1. The first-order valence-corrected chi connectivity index (χ1v) is 8.52. The smallest absolute Gasteiger partial charge is 0.308 e. The van der Waals surface area contributed by atoms with Crippen LogP contribution >= 0.6 is 11.8 Å². The van der Waals surface area contributed by atoms with E-state index in [1.165, 1.54) is 18.7 Å². The Bertz CT molecular complexity index is 719. The first-order chi connectivity index (χ1) is 11.5. The molecule has 3 rings (SSSR count). The third kappa shape index (κ3) is 3.59. The minimum Gasteiger partial charge on any atom is -0.424 e. The van der Waals surface area contributed by atoms with E-state index in [9.17, 15) is 14.4 Å². The van der Waals surface area contributed by atoms with E-state index in [2.05, 4.69) is 10.3 Å². The number of hydrogen-bond acceptors (Lipinski definition) is 6. The monoisotopic (exact) mass is 347 g/mol. The van der Waals surface area contributed by atoms with Crippen LogP contribution in [0.1, 0.15) is 19.8 Å². The fraction of sp³-hybridized carbons (Fsp3) is 0.375. The molecule has 2 aliphatic heterocycles. The molecule has 0 spiro atoms. The van der Waals surface area contributed by atoms with Crippen LogP contribution in [0.25, 0.3) is 0 Å². The Morgan fingerprint density at radius 2 is 2.21 bits per heavy atom. The van der Waals surface area contributed by atoms with Gasteiger partial charge in [0.2, 0.25) is 11.8 Å². The zero-order valence-electron chi connectivity index (χ0n) is 13.2. The maximum Gasteiger partial charge on any atom is 0.308 e. The number of carbonyl (C=O) groups is 3. The van der Waals surface area contributed by atoms with Crippen LogP contribution in [-0.4, -0.2) is 46.2 Å². The maximum atomic E-state index is 12.3. The molecular formula is C16H17N3O4S. The van der Waals surface area contributed by atoms with Crippen molar-refractivity contribution >= 4 is 40.4 Å². The summed E-state index contributed by atoms with van der Waals surface area (Å²) in [6, 6.07) is 6.68. The molecule has 0 aliphatic carbocycles. The van der Waals surface area contributed by atoms with Crippen molar-refractivity contribution in [2.45, 2.75) is 25.0 Å². The van der Waals surface area contributed by atoms with Crippen LogP contribution in [0.5, 0.6) is 5.75 Å². The van der Waals surface area contributed by atoms with Crippen molar-refractivity contribution in [1.82, 2.24) is 4.90 Å². The molecule has 1 unspecified atom stereocenters. The third-order valence-electron chi connectivity index (χ3n) is 3.59. The van der Waals surface area contributed by atoms with E-state index in [0.717, 1.165) is 13.0 Å². The molecule has 8 heteroatoms. The van der Waals surface area contributed by atoms with Crippen LogP contribution in [0.15, 0.2) is 29.3 Å². The molecule has 126 valence electrons. The maximum absolute atomic E-state index is 12.3. The Kier molecular flexibility index (Phi) is 4.84. The van der Waals surface area contributed by atoms with E-state index in [1.54, 1.807) is 29.2 Å². The second-order valence-electron chi connectivity index (χ2n) is 5.46. The van der Waals surface area contributed by atoms with Crippen LogP contribution < -0.4 is 10.1 Å². The summed E-state index contributed by atoms with van der Waals surface area (Å²) in [5.74, 6) is -0.554. The van der Waals surface area contributed by atoms with Gasteiger partial charge in [0.25, 0.3) is 0 Å². The number of benzene rings is 1. The van der Waals surface area contributed by atoms with Gasteiger partial charge in [-0.3, -0.25) is 24.3 Å². The van der Waals surface area contributed by atoms with Crippen molar-refractivity contribution in [3.8, 4) is 5.75 Å². The predicted molar refractivity (Wildman–Crippen MR) is 91.0 cm³/mol. The Labute approximate surface area is 143 Å². The highest BCUT2D eigenvalue weighted by molar-refractivity contribution is 8.15. The molecule has 2 amide bonds. The SMILES string of the molecule is CC(=O)Oc1ccccc1NC(=O)CC1SC2=NCCCN2C1=O. The fourth-order valence-electron chi connectivity index (χ4n) is 2.55. The van der Waals surface area contributed by atoms with Crippen molar-refractivity contribution in [1.29, 1.82) is 0 Å². The lowest BCUT2D eigenvalue weighted by Crippen LogP contribution is -2.36. The Morgan fingerprint density at radius 3 is 2.96 bits per heavy atom. The summed E-state index contributed by atoms with van der Waals surface area (Å²) in [6.45, 7) is 2.68. The zero-order valence-corrected chi connectivity index (χ0v) is 14.0. The molecule has 1 atom stereocenters. The zero-order chi connectivity index (χ0) is 17.1. The lowest BCUT2D eigenvalue weighted by molar-refractivity contribution is -0.132. The van der Waals surface area contributed by atoms with Gasteiger partial charge in [0.1, 0.15) is 5.25 Å².